The average molecular weight is 359 g/mol. The van der Waals surface area contributed by atoms with Crippen molar-refractivity contribution in [2.45, 2.75) is 13.8 Å². The van der Waals surface area contributed by atoms with E-state index in [9.17, 15) is 9.59 Å². The van der Waals surface area contributed by atoms with Crippen molar-refractivity contribution in [3.8, 4) is 0 Å². The first-order valence-corrected chi connectivity index (χ1v) is 6.52. The second kappa shape index (κ2) is 7.15. The summed E-state index contributed by atoms with van der Waals surface area (Å²) in [5.74, 6) is -0.704. The van der Waals surface area contributed by atoms with Gasteiger partial charge in [0.15, 0.2) is 0 Å². The highest BCUT2D eigenvalue weighted by molar-refractivity contribution is 14.1. The normalized spacial score (nSPS) is 10.9. The molecule has 0 fully saturated rings. The molecule has 0 saturated carbocycles. The first-order valence-electron chi connectivity index (χ1n) is 5.45. The van der Waals surface area contributed by atoms with Crippen LogP contribution < -0.4 is 5.32 Å². The molecule has 5 heteroatoms. The monoisotopic (exact) mass is 359 g/mol. The van der Waals surface area contributed by atoms with E-state index in [1.54, 1.807) is 32.0 Å². The van der Waals surface area contributed by atoms with Crippen LogP contribution in [0.25, 0.3) is 0 Å². The number of carbonyl (C=O) groups excluding carboxylic acids is 2. The highest BCUT2D eigenvalue weighted by Gasteiger charge is 2.07. The van der Waals surface area contributed by atoms with E-state index >= 15 is 0 Å². The van der Waals surface area contributed by atoms with Crippen molar-refractivity contribution >= 4 is 34.5 Å². The lowest BCUT2D eigenvalue weighted by atomic mass is 10.2. The summed E-state index contributed by atoms with van der Waals surface area (Å²) in [5, 5.41) is 2.63. The quantitative estimate of drug-likeness (QED) is 0.511. The van der Waals surface area contributed by atoms with Crippen LogP contribution >= 0.6 is 22.6 Å². The summed E-state index contributed by atoms with van der Waals surface area (Å²) in [6.07, 6.45) is 1.26. The number of allylic oxidation sites excluding steroid dienone is 1. The molecule has 0 bridgehead atoms. The number of ether oxygens (including phenoxy) is 1. The van der Waals surface area contributed by atoms with E-state index in [1.165, 1.54) is 6.08 Å². The van der Waals surface area contributed by atoms with Crippen molar-refractivity contribution in [2.24, 2.45) is 0 Å². The topological polar surface area (TPSA) is 55.4 Å². The van der Waals surface area contributed by atoms with Gasteiger partial charge in [-0.25, -0.2) is 4.79 Å². The Kier molecular flexibility index (Phi) is 5.84. The first-order chi connectivity index (χ1) is 8.52. The predicted octanol–water partition coefficient (Wildman–Crippen LogP) is 2.49. The van der Waals surface area contributed by atoms with Gasteiger partial charge in [-0.2, -0.15) is 0 Å². The van der Waals surface area contributed by atoms with Crippen LogP contribution in [-0.2, 0) is 9.53 Å². The molecule has 1 aromatic rings. The Morgan fingerprint density at radius 2 is 2.17 bits per heavy atom. The zero-order valence-corrected chi connectivity index (χ0v) is 12.4. The lowest BCUT2D eigenvalue weighted by molar-refractivity contribution is -0.137. The third-order valence-electron chi connectivity index (χ3n) is 2.02. The lowest BCUT2D eigenvalue weighted by Gasteiger charge is -2.05. The minimum Gasteiger partial charge on any atom is -0.463 e. The Hall–Kier alpha value is -1.37. The Balaban J connectivity index is 2.68. The van der Waals surface area contributed by atoms with E-state index in [1.807, 2.05) is 6.07 Å². The molecule has 18 heavy (non-hydrogen) atoms. The van der Waals surface area contributed by atoms with E-state index < -0.39 is 5.97 Å². The summed E-state index contributed by atoms with van der Waals surface area (Å²) in [5.41, 5.74) is 1.01. The maximum atomic E-state index is 11.8. The lowest BCUT2D eigenvalue weighted by Crippen LogP contribution is -2.22. The largest absolute Gasteiger partial charge is 0.463 e. The maximum Gasteiger partial charge on any atom is 0.332 e. The maximum absolute atomic E-state index is 11.8. The van der Waals surface area contributed by atoms with E-state index in [2.05, 4.69) is 27.9 Å². The number of amides is 1. The average Bonchev–Trinajstić information content (AvgIpc) is 2.28. The summed E-state index contributed by atoms with van der Waals surface area (Å²) in [6.45, 7) is 3.68. The molecule has 0 aliphatic carbocycles. The van der Waals surface area contributed by atoms with Gasteiger partial charge in [0.1, 0.15) is 0 Å². The molecule has 1 amide bonds. The number of hydrogen-bond acceptors (Lipinski definition) is 3. The van der Waals surface area contributed by atoms with Crippen molar-refractivity contribution in [1.82, 2.24) is 5.32 Å². The molecule has 0 aromatic heterocycles. The van der Waals surface area contributed by atoms with Gasteiger partial charge in [-0.1, -0.05) is 6.07 Å². The van der Waals surface area contributed by atoms with Crippen LogP contribution in [0.2, 0.25) is 0 Å². The molecule has 4 nitrogen and oxygen atoms in total. The number of hydrogen-bond donors (Lipinski definition) is 1. The van der Waals surface area contributed by atoms with Crippen molar-refractivity contribution in [1.29, 1.82) is 0 Å². The highest BCUT2D eigenvalue weighted by Crippen LogP contribution is 2.08. The molecule has 0 aliphatic rings. The molecule has 0 saturated heterocycles. The Morgan fingerprint density at radius 3 is 2.78 bits per heavy atom. The molecule has 0 unspecified atom stereocenters. The predicted molar refractivity (Wildman–Crippen MR) is 77.0 cm³/mol. The highest BCUT2D eigenvalue weighted by atomic mass is 127. The Bertz CT molecular complexity index is 483. The molecular weight excluding hydrogens is 345 g/mol. The van der Waals surface area contributed by atoms with Crippen molar-refractivity contribution in [2.75, 3.05) is 6.61 Å². The van der Waals surface area contributed by atoms with E-state index in [-0.39, 0.29) is 5.91 Å². The summed E-state index contributed by atoms with van der Waals surface area (Å²) in [7, 11) is 0. The molecule has 0 spiro atoms. The molecule has 1 N–H and O–H groups in total. The Morgan fingerprint density at radius 1 is 1.44 bits per heavy atom. The van der Waals surface area contributed by atoms with Gasteiger partial charge < -0.3 is 10.1 Å². The van der Waals surface area contributed by atoms with Gasteiger partial charge in [0.2, 0.25) is 0 Å². The van der Waals surface area contributed by atoms with Gasteiger partial charge >= 0.3 is 5.97 Å². The first kappa shape index (κ1) is 14.7. The number of rotatable bonds is 4. The van der Waals surface area contributed by atoms with Crippen LogP contribution in [0.1, 0.15) is 24.2 Å². The SMILES string of the molecule is CCOC(=O)C=C(C)NC(=O)c1cccc(I)c1. The minimum atomic E-state index is -0.460. The van der Waals surface area contributed by atoms with Crippen LogP contribution in [0, 0.1) is 3.57 Å². The summed E-state index contributed by atoms with van der Waals surface area (Å²) in [4.78, 5) is 23.0. The van der Waals surface area contributed by atoms with E-state index in [4.69, 9.17) is 4.74 Å². The molecule has 0 aliphatic heterocycles. The molecule has 0 atom stereocenters. The second-order valence-corrected chi connectivity index (χ2v) is 4.79. The third kappa shape index (κ3) is 4.87. The van der Waals surface area contributed by atoms with Gasteiger partial charge in [-0.05, 0) is 54.6 Å². The second-order valence-electron chi connectivity index (χ2n) is 3.54. The zero-order valence-electron chi connectivity index (χ0n) is 10.2. The molecule has 0 radical (unpaired) electrons. The Labute approximate surface area is 120 Å². The van der Waals surface area contributed by atoms with E-state index in [0.29, 0.717) is 17.9 Å². The zero-order chi connectivity index (χ0) is 13.5. The molecule has 1 rings (SSSR count). The number of halogens is 1. The van der Waals surface area contributed by atoms with Gasteiger partial charge in [0, 0.05) is 20.9 Å². The third-order valence-corrected chi connectivity index (χ3v) is 2.69. The number of esters is 1. The van der Waals surface area contributed by atoms with Crippen LogP contribution in [0.4, 0.5) is 0 Å². The fourth-order valence-corrected chi connectivity index (χ4v) is 1.82. The fraction of sp³-hybridized carbons (Fsp3) is 0.231. The van der Waals surface area contributed by atoms with Crippen LogP contribution in [0.5, 0.6) is 0 Å². The van der Waals surface area contributed by atoms with Gasteiger partial charge in [0.05, 0.1) is 6.61 Å². The summed E-state index contributed by atoms with van der Waals surface area (Å²) >= 11 is 2.13. The fourth-order valence-electron chi connectivity index (χ4n) is 1.28. The summed E-state index contributed by atoms with van der Waals surface area (Å²) in [6, 6.07) is 7.20. The molecule has 96 valence electrons. The number of benzene rings is 1. The van der Waals surface area contributed by atoms with Gasteiger partial charge in [-0.3, -0.25) is 4.79 Å². The molecular formula is C13H14INO3. The summed E-state index contributed by atoms with van der Waals surface area (Å²) < 4.78 is 5.73. The molecule has 0 heterocycles. The van der Waals surface area contributed by atoms with Gasteiger partial charge in [0.25, 0.3) is 5.91 Å². The van der Waals surface area contributed by atoms with Crippen LogP contribution in [0.3, 0.4) is 0 Å². The van der Waals surface area contributed by atoms with Crippen molar-refractivity contribution in [3.05, 3.63) is 45.2 Å². The van der Waals surface area contributed by atoms with Crippen LogP contribution in [0.15, 0.2) is 36.0 Å². The van der Waals surface area contributed by atoms with Crippen molar-refractivity contribution < 1.29 is 14.3 Å². The number of carbonyl (C=O) groups is 2. The smallest absolute Gasteiger partial charge is 0.332 e. The standard InChI is InChI=1S/C13H14INO3/c1-3-18-12(16)7-9(2)15-13(17)10-5-4-6-11(14)8-10/h4-8H,3H2,1-2H3,(H,15,17). The minimum absolute atomic E-state index is 0.244. The van der Waals surface area contributed by atoms with E-state index in [0.717, 1.165) is 3.57 Å². The van der Waals surface area contributed by atoms with Crippen molar-refractivity contribution in [3.63, 3.8) is 0 Å². The van der Waals surface area contributed by atoms with Crippen LogP contribution in [-0.4, -0.2) is 18.5 Å². The number of nitrogens with one attached hydrogen (secondary N) is 1. The van der Waals surface area contributed by atoms with Gasteiger partial charge in [-0.15, -0.1) is 0 Å². The molecule has 1 aromatic carbocycles.